The molecule has 1 unspecified atom stereocenters. The number of hydrazine groups is 1. The number of carbonyl (C=O) groups excluding carboxylic acids is 1. The minimum absolute atomic E-state index is 0.224. The van der Waals surface area contributed by atoms with Crippen molar-refractivity contribution >= 4 is 5.91 Å². The van der Waals surface area contributed by atoms with Crippen molar-refractivity contribution in [1.29, 1.82) is 0 Å². The van der Waals surface area contributed by atoms with Gasteiger partial charge in [-0.25, -0.2) is 5.84 Å². The Morgan fingerprint density at radius 2 is 2.25 bits per heavy atom. The molecular formula is C15H26N2O3. The van der Waals surface area contributed by atoms with Gasteiger partial charge in [-0.1, -0.05) is 33.1 Å². The molecule has 5 heteroatoms. The van der Waals surface area contributed by atoms with Gasteiger partial charge in [0.1, 0.15) is 5.76 Å². The first-order valence-corrected chi connectivity index (χ1v) is 7.30. The van der Waals surface area contributed by atoms with Crippen LogP contribution in [0.15, 0.2) is 10.5 Å². The van der Waals surface area contributed by atoms with Crippen molar-refractivity contribution in [2.24, 2.45) is 11.8 Å². The summed E-state index contributed by atoms with van der Waals surface area (Å²) in [6, 6.07) is 1.69. The van der Waals surface area contributed by atoms with E-state index in [1.54, 1.807) is 6.07 Å². The molecule has 0 radical (unpaired) electrons. The number of hydrogen-bond donors (Lipinski definition) is 2. The molecule has 114 valence electrons. The number of nitrogens with one attached hydrogen (secondary N) is 1. The Morgan fingerprint density at radius 3 is 2.85 bits per heavy atom. The maximum Gasteiger partial charge on any atom is 0.300 e. The van der Waals surface area contributed by atoms with Gasteiger partial charge in [-0.2, -0.15) is 0 Å². The normalized spacial score (nSPS) is 12.4. The second-order valence-electron chi connectivity index (χ2n) is 5.10. The van der Waals surface area contributed by atoms with E-state index in [1.165, 1.54) is 19.3 Å². The predicted molar refractivity (Wildman–Crippen MR) is 78.1 cm³/mol. The van der Waals surface area contributed by atoms with Gasteiger partial charge in [0, 0.05) is 12.2 Å². The number of ether oxygens (including phenoxy) is 1. The zero-order valence-corrected chi connectivity index (χ0v) is 12.7. The van der Waals surface area contributed by atoms with Crippen molar-refractivity contribution < 1.29 is 13.9 Å². The molecule has 1 amide bonds. The molecule has 0 saturated carbocycles. The van der Waals surface area contributed by atoms with E-state index in [0.717, 1.165) is 18.6 Å². The minimum Gasteiger partial charge on any atom is -0.456 e. The van der Waals surface area contributed by atoms with Gasteiger partial charge in [-0.15, -0.1) is 0 Å². The Bertz CT molecular complexity index is 415. The smallest absolute Gasteiger partial charge is 0.300 e. The average molecular weight is 282 g/mol. The number of amides is 1. The molecule has 1 aromatic heterocycles. The van der Waals surface area contributed by atoms with Crippen LogP contribution in [0, 0.1) is 12.8 Å². The topological polar surface area (TPSA) is 77.5 Å². The summed E-state index contributed by atoms with van der Waals surface area (Å²) in [7, 11) is 0. The Hall–Kier alpha value is -1.33. The fourth-order valence-corrected chi connectivity index (χ4v) is 2.08. The summed E-state index contributed by atoms with van der Waals surface area (Å²) in [5.74, 6) is 6.18. The maximum absolute atomic E-state index is 11.4. The molecule has 5 nitrogen and oxygen atoms in total. The van der Waals surface area contributed by atoms with E-state index in [1.807, 2.05) is 6.92 Å². The first-order chi connectivity index (χ1) is 9.62. The highest BCUT2D eigenvalue weighted by Crippen LogP contribution is 2.18. The molecular weight excluding hydrogens is 256 g/mol. The molecule has 0 fully saturated rings. The van der Waals surface area contributed by atoms with E-state index in [9.17, 15) is 4.79 Å². The molecule has 0 saturated heterocycles. The summed E-state index contributed by atoms with van der Waals surface area (Å²) in [5.41, 5.74) is 2.95. The third-order valence-electron chi connectivity index (χ3n) is 3.53. The standard InChI is InChI=1S/C15H26N2O3/c1-4-6-7-12(5-2)9-19-10-13-8-14(15(18)17-16)20-11(13)3/h8,12H,4-7,9-10,16H2,1-3H3,(H,17,18). The zero-order chi connectivity index (χ0) is 15.0. The summed E-state index contributed by atoms with van der Waals surface area (Å²) in [6.07, 6.45) is 4.80. The Labute approximate surface area is 120 Å². The maximum atomic E-state index is 11.4. The largest absolute Gasteiger partial charge is 0.456 e. The van der Waals surface area contributed by atoms with E-state index in [2.05, 4.69) is 19.3 Å². The van der Waals surface area contributed by atoms with Gasteiger partial charge in [0.05, 0.1) is 6.61 Å². The molecule has 0 bridgehead atoms. The number of rotatable bonds is 9. The molecule has 1 aromatic rings. The van der Waals surface area contributed by atoms with Crippen molar-refractivity contribution in [2.75, 3.05) is 6.61 Å². The van der Waals surface area contributed by atoms with Gasteiger partial charge < -0.3 is 9.15 Å². The van der Waals surface area contributed by atoms with E-state index in [4.69, 9.17) is 15.0 Å². The number of unbranched alkanes of at least 4 members (excludes halogenated alkanes) is 1. The van der Waals surface area contributed by atoms with Gasteiger partial charge in [-0.05, 0) is 25.3 Å². The lowest BCUT2D eigenvalue weighted by Gasteiger charge is -2.14. The van der Waals surface area contributed by atoms with Gasteiger partial charge in [-0.3, -0.25) is 10.2 Å². The SMILES string of the molecule is CCCCC(CC)COCc1cc(C(=O)NN)oc1C. The molecule has 1 heterocycles. The number of nitrogens with two attached hydrogens (primary N) is 1. The van der Waals surface area contributed by atoms with E-state index < -0.39 is 5.91 Å². The van der Waals surface area contributed by atoms with Gasteiger partial charge in [0.15, 0.2) is 5.76 Å². The monoisotopic (exact) mass is 282 g/mol. The van der Waals surface area contributed by atoms with Crippen LogP contribution in [0.1, 0.15) is 61.4 Å². The zero-order valence-electron chi connectivity index (χ0n) is 12.7. The van der Waals surface area contributed by atoms with Crippen molar-refractivity contribution in [3.63, 3.8) is 0 Å². The van der Waals surface area contributed by atoms with Crippen LogP contribution in [0.4, 0.5) is 0 Å². The molecule has 0 aliphatic heterocycles. The lowest BCUT2D eigenvalue weighted by atomic mass is 10.0. The first kappa shape index (κ1) is 16.7. The first-order valence-electron chi connectivity index (χ1n) is 7.30. The van der Waals surface area contributed by atoms with E-state index in [-0.39, 0.29) is 5.76 Å². The van der Waals surface area contributed by atoms with Crippen LogP contribution in [0.25, 0.3) is 0 Å². The molecule has 0 aliphatic carbocycles. The van der Waals surface area contributed by atoms with Crippen LogP contribution in [0.2, 0.25) is 0 Å². The molecule has 0 aromatic carbocycles. The number of hydrogen-bond acceptors (Lipinski definition) is 4. The second kappa shape index (κ2) is 8.76. The number of furan rings is 1. The second-order valence-corrected chi connectivity index (χ2v) is 5.10. The Kier molecular flexibility index (Phi) is 7.33. The summed E-state index contributed by atoms with van der Waals surface area (Å²) in [6.45, 7) is 7.43. The van der Waals surface area contributed by atoms with Crippen LogP contribution >= 0.6 is 0 Å². The van der Waals surface area contributed by atoms with Crippen LogP contribution in [-0.2, 0) is 11.3 Å². The highest BCUT2D eigenvalue weighted by molar-refractivity contribution is 5.91. The number of aryl methyl sites for hydroxylation is 1. The molecule has 0 aliphatic rings. The molecule has 3 N–H and O–H groups in total. The molecule has 0 spiro atoms. The molecule has 1 atom stereocenters. The fraction of sp³-hybridized carbons (Fsp3) is 0.667. The number of carbonyl (C=O) groups is 1. The van der Waals surface area contributed by atoms with Crippen molar-refractivity contribution in [3.05, 3.63) is 23.2 Å². The summed E-state index contributed by atoms with van der Waals surface area (Å²) in [5, 5.41) is 0. The fourth-order valence-electron chi connectivity index (χ4n) is 2.08. The van der Waals surface area contributed by atoms with E-state index >= 15 is 0 Å². The summed E-state index contributed by atoms with van der Waals surface area (Å²) in [4.78, 5) is 11.4. The predicted octanol–water partition coefficient (Wildman–Crippen LogP) is 2.92. The molecule has 1 rings (SSSR count). The van der Waals surface area contributed by atoms with Crippen LogP contribution in [0.3, 0.4) is 0 Å². The van der Waals surface area contributed by atoms with Crippen LogP contribution in [-0.4, -0.2) is 12.5 Å². The lowest BCUT2D eigenvalue weighted by Crippen LogP contribution is -2.29. The van der Waals surface area contributed by atoms with Crippen LogP contribution in [0.5, 0.6) is 0 Å². The quantitative estimate of drug-likeness (QED) is 0.415. The van der Waals surface area contributed by atoms with Crippen molar-refractivity contribution in [2.45, 2.75) is 53.1 Å². The third-order valence-corrected chi connectivity index (χ3v) is 3.53. The Morgan fingerprint density at radius 1 is 1.50 bits per heavy atom. The van der Waals surface area contributed by atoms with Gasteiger partial charge in [0.25, 0.3) is 0 Å². The molecule has 20 heavy (non-hydrogen) atoms. The highest BCUT2D eigenvalue weighted by Gasteiger charge is 2.14. The van der Waals surface area contributed by atoms with Crippen molar-refractivity contribution in [1.82, 2.24) is 5.43 Å². The van der Waals surface area contributed by atoms with E-state index in [0.29, 0.717) is 18.3 Å². The van der Waals surface area contributed by atoms with Gasteiger partial charge in [0.2, 0.25) is 0 Å². The summed E-state index contributed by atoms with van der Waals surface area (Å²) >= 11 is 0. The third kappa shape index (κ3) is 4.98. The average Bonchev–Trinajstić information content (AvgIpc) is 2.83. The minimum atomic E-state index is -0.422. The Balaban J connectivity index is 2.45. The summed E-state index contributed by atoms with van der Waals surface area (Å²) < 4.78 is 11.1. The van der Waals surface area contributed by atoms with Crippen LogP contribution < -0.4 is 11.3 Å². The van der Waals surface area contributed by atoms with Gasteiger partial charge >= 0.3 is 5.91 Å². The highest BCUT2D eigenvalue weighted by atomic mass is 16.5. The lowest BCUT2D eigenvalue weighted by molar-refractivity contribution is 0.0812. The van der Waals surface area contributed by atoms with Crippen molar-refractivity contribution in [3.8, 4) is 0 Å². The number of nitrogen functional groups attached to an aromatic ring is 1.